The van der Waals surface area contributed by atoms with Crippen molar-refractivity contribution in [3.8, 4) is 11.5 Å². The molecule has 0 bridgehead atoms. The molecule has 0 spiro atoms. The molecule has 0 atom stereocenters. The van der Waals surface area contributed by atoms with Crippen LogP contribution in [-0.2, 0) is 0 Å². The van der Waals surface area contributed by atoms with Gasteiger partial charge >= 0.3 is 6.03 Å². The molecule has 51 heavy (non-hydrogen) atoms. The highest BCUT2D eigenvalue weighted by molar-refractivity contribution is 8.01. The second-order valence-corrected chi connectivity index (χ2v) is 15.4. The van der Waals surface area contributed by atoms with Crippen LogP contribution in [0.1, 0.15) is 10.4 Å². The third-order valence-electron chi connectivity index (χ3n) is 7.14. The molecule has 0 unspecified atom stereocenters. The molecule has 4 heterocycles. The van der Waals surface area contributed by atoms with E-state index in [-0.39, 0.29) is 11.4 Å². The maximum Gasteiger partial charge on any atom is 0.324 e. The van der Waals surface area contributed by atoms with Gasteiger partial charge in [0.25, 0.3) is 5.91 Å². The van der Waals surface area contributed by atoms with Gasteiger partial charge in [0.05, 0.1) is 49.2 Å². The molecule has 0 fully saturated rings. The summed E-state index contributed by atoms with van der Waals surface area (Å²) < 4.78 is 25.6. The summed E-state index contributed by atoms with van der Waals surface area (Å²) in [6.45, 7) is 0. The van der Waals surface area contributed by atoms with Crippen LogP contribution in [0.25, 0.3) is 21.8 Å². The van der Waals surface area contributed by atoms with E-state index in [1.165, 1.54) is 63.6 Å². The topological polar surface area (TPSA) is 154 Å². The van der Waals surface area contributed by atoms with E-state index in [0.29, 0.717) is 22.0 Å². The molecule has 15 heteroatoms. The number of hydrogen-bond donors (Lipinski definition) is 4. The molecular weight excluding hydrogens is 728 g/mol. The Labute approximate surface area is 308 Å². The quantitative estimate of drug-likeness (QED) is 0.113. The van der Waals surface area contributed by atoms with Gasteiger partial charge in [-0.3, -0.25) is 20.1 Å². The molecule has 3 aromatic carbocycles. The second kappa shape index (κ2) is 16.1. The average Bonchev–Trinajstić information content (AvgIpc) is 3.76. The van der Waals surface area contributed by atoms with E-state index < -0.39 is 11.9 Å². The summed E-state index contributed by atoms with van der Waals surface area (Å²) >= 11 is 6.17. The number of aromatic nitrogens is 2. The zero-order chi connectivity index (χ0) is 35.9. The van der Waals surface area contributed by atoms with Crippen molar-refractivity contribution in [1.82, 2.24) is 9.97 Å². The molecule has 0 aliphatic heterocycles. The number of carbonyl (C=O) groups is 2. The maximum absolute atomic E-state index is 13.0. The number of anilines is 3. The zero-order valence-corrected chi connectivity index (χ0v) is 30.3. The number of amides is 3. The molecular formula is C36H29FN6O4S4. The molecule has 7 aromatic rings. The number of urea groups is 1. The summed E-state index contributed by atoms with van der Waals surface area (Å²) in [5, 5.41) is 8.78. The molecule has 3 amide bonds. The van der Waals surface area contributed by atoms with Crippen LogP contribution in [0.3, 0.4) is 0 Å². The summed E-state index contributed by atoms with van der Waals surface area (Å²) in [5.74, 6) is 0.233. The normalized spacial score (nSPS) is 10.7. The number of nitrogens with one attached hydrogen (secondary N) is 2. The molecule has 0 radical (unpaired) electrons. The van der Waals surface area contributed by atoms with Gasteiger partial charge < -0.3 is 26.3 Å². The molecule has 0 aliphatic rings. The lowest BCUT2D eigenvalue weighted by Crippen LogP contribution is -2.18. The van der Waals surface area contributed by atoms with Crippen LogP contribution in [0, 0.1) is 5.82 Å². The Morgan fingerprint density at radius 3 is 2.06 bits per heavy atom. The first-order valence-corrected chi connectivity index (χ1v) is 18.3. The van der Waals surface area contributed by atoms with Crippen LogP contribution in [0.4, 0.5) is 24.9 Å². The van der Waals surface area contributed by atoms with Gasteiger partial charge in [-0.1, -0.05) is 23.5 Å². The van der Waals surface area contributed by atoms with E-state index in [0.717, 1.165) is 36.1 Å². The lowest BCUT2D eigenvalue weighted by atomic mass is 10.1. The van der Waals surface area contributed by atoms with Gasteiger partial charge in [-0.2, -0.15) is 0 Å². The number of hydrogen-bond acceptors (Lipinski definition) is 11. The Bertz CT molecular complexity index is 2350. The molecule has 10 nitrogen and oxygen atoms in total. The van der Waals surface area contributed by atoms with E-state index in [1.807, 2.05) is 54.7 Å². The predicted molar refractivity (Wildman–Crippen MR) is 205 cm³/mol. The number of primary amides is 1. The molecule has 0 saturated heterocycles. The second-order valence-electron chi connectivity index (χ2n) is 10.5. The first-order chi connectivity index (χ1) is 24.7. The van der Waals surface area contributed by atoms with Gasteiger partial charge in [0.2, 0.25) is 0 Å². The van der Waals surface area contributed by atoms with Crippen LogP contribution in [0.2, 0.25) is 0 Å². The van der Waals surface area contributed by atoms with Crippen molar-refractivity contribution < 1.29 is 23.5 Å². The maximum atomic E-state index is 13.0. The largest absolute Gasteiger partial charge is 0.497 e. The van der Waals surface area contributed by atoms with Gasteiger partial charge in [0, 0.05) is 50.8 Å². The van der Waals surface area contributed by atoms with E-state index in [4.69, 9.17) is 20.9 Å². The first kappa shape index (κ1) is 35.5. The standard InChI is InChI=1S/C22H17FN4O3S2.C14H12N2OS2/c1-30-17-11-16-14(10-15(17)21(24)28)18(8-9-25-16)31-20-7-6-19(32-20)27-22(29)26-13-4-2-12(23)3-5-13;1-17-9-2-3-10-11(8-9)16-7-6-12(10)18-14-5-4-13(15)19-14/h2-11H,1H3,(H2,24,28)(H2,26,27,29);2-8H,15H2,1H3. The van der Waals surface area contributed by atoms with E-state index in [1.54, 1.807) is 54.6 Å². The molecule has 0 saturated carbocycles. The van der Waals surface area contributed by atoms with Crippen LogP contribution >= 0.6 is 46.2 Å². The average molecular weight is 757 g/mol. The van der Waals surface area contributed by atoms with Crippen molar-refractivity contribution in [1.29, 1.82) is 0 Å². The number of nitrogens with two attached hydrogens (primary N) is 2. The van der Waals surface area contributed by atoms with Crippen LogP contribution in [0.15, 0.2) is 122 Å². The Morgan fingerprint density at radius 1 is 0.745 bits per heavy atom. The Hall–Kier alpha value is -5.35. The summed E-state index contributed by atoms with van der Waals surface area (Å²) in [5.41, 5.74) is 13.6. The monoisotopic (exact) mass is 756 g/mol. The number of nitrogens with zero attached hydrogens (tertiary/aromatic N) is 2. The summed E-state index contributed by atoms with van der Waals surface area (Å²) in [6.07, 6.45) is 3.50. The minimum absolute atomic E-state index is 0.279. The minimum Gasteiger partial charge on any atom is -0.497 e. The van der Waals surface area contributed by atoms with Crippen molar-refractivity contribution in [2.75, 3.05) is 30.6 Å². The van der Waals surface area contributed by atoms with E-state index >= 15 is 0 Å². The smallest absolute Gasteiger partial charge is 0.324 e. The minimum atomic E-state index is -0.585. The number of nitrogen functional groups attached to an aromatic ring is 1. The van der Waals surface area contributed by atoms with Gasteiger partial charge in [-0.15, -0.1) is 22.7 Å². The third kappa shape index (κ3) is 8.88. The third-order valence-corrected chi connectivity index (χ3v) is 11.5. The number of ether oxygens (including phenoxy) is 2. The molecule has 4 aromatic heterocycles. The fourth-order valence-corrected chi connectivity index (χ4v) is 8.86. The number of benzene rings is 3. The number of carbonyl (C=O) groups excluding carboxylic acids is 2. The van der Waals surface area contributed by atoms with Crippen molar-refractivity contribution in [3.05, 3.63) is 115 Å². The van der Waals surface area contributed by atoms with Crippen molar-refractivity contribution in [3.63, 3.8) is 0 Å². The summed E-state index contributed by atoms with van der Waals surface area (Å²) in [6, 6.07) is 25.9. The predicted octanol–water partition coefficient (Wildman–Crippen LogP) is 9.38. The Morgan fingerprint density at radius 2 is 1.41 bits per heavy atom. The summed E-state index contributed by atoms with van der Waals surface area (Å²) in [4.78, 5) is 34.8. The number of fused-ring (bicyclic) bond motifs is 2. The number of rotatable bonds is 9. The molecule has 0 aliphatic carbocycles. The van der Waals surface area contributed by atoms with E-state index in [2.05, 4.69) is 20.6 Å². The number of thiophene rings is 2. The van der Waals surface area contributed by atoms with E-state index in [9.17, 15) is 14.0 Å². The van der Waals surface area contributed by atoms with Crippen molar-refractivity contribution in [2.45, 2.75) is 18.2 Å². The van der Waals surface area contributed by atoms with Crippen LogP contribution < -0.4 is 31.6 Å². The van der Waals surface area contributed by atoms with Gasteiger partial charge in [-0.25, -0.2) is 9.18 Å². The zero-order valence-electron chi connectivity index (χ0n) is 27.0. The Balaban J connectivity index is 0.000000200. The lowest BCUT2D eigenvalue weighted by Gasteiger charge is -2.10. The van der Waals surface area contributed by atoms with Gasteiger partial charge in [-0.05, 0) is 78.9 Å². The number of pyridine rings is 2. The fraction of sp³-hybridized carbons (Fsp3) is 0.0556. The molecule has 6 N–H and O–H groups in total. The highest BCUT2D eigenvalue weighted by Gasteiger charge is 2.15. The Kier molecular flexibility index (Phi) is 11.2. The summed E-state index contributed by atoms with van der Waals surface area (Å²) in [7, 11) is 3.13. The SMILES string of the molecule is COc1cc2nccc(Sc3ccc(NC(=O)Nc4ccc(F)cc4)s3)c2cc1C(N)=O.COc1ccc2c(Sc3ccc(N)s3)ccnc2c1. The van der Waals surface area contributed by atoms with Crippen LogP contribution in [0.5, 0.6) is 11.5 Å². The number of methoxy groups -OCH3 is 2. The van der Waals surface area contributed by atoms with Crippen molar-refractivity contribution in [2.24, 2.45) is 5.73 Å². The van der Waals surface area contributed by atoms with Crippen molar-refractivity contribution >= 4 is 95.6 Å². The molecule has 7 rings (SSSR count). The van der Waals surface area contributed by atoms with Crippen LogP contribution in [-0.4, -0.2) is 36.1 Å². The van der Waals surface area contributed by atoms with Gasteiger partial charge in [0.15, 0.2) is 0 Å². The lowest BCUT2D eigenvalue weighted by molar-refractivity contribution is 0.0997. The fourth-order valence-electron chi connectivity index (χ4n) is 4.77. The highest BCUT2D eigenvalue weighted by atomic mass is 32.2. The molecule has 258 valence electrons. The highest BCUT2D eigenvalue weighted by Crippen LogP contribution is 2.40. The number of halogens is 1. The van der Waals surface area contributed by atoms with Gasteiger partial charge in [0.1, 0.15) is 17.3 Å². The first-order valence-electron chi connectivity index (χ1n) is 15.0.